The number of rotatable bonds is 6. The fourth-order valence-corrected chi connectivity index (χ4v) is 3.29. The number of carbonyl (C=O) groups excluding carboxylic acids is 2. The lowest BCUT2D eigenvalue weighted by atomic mass is 9.90. The Morgan fingerprint density at radius 2 is 0.857 bits per heavy atom. The van der Waals surface area contributed by atoms with Gasteiger partial charge < -0.3 is 10.6 Å². The van der Waals surface area contributed by atoms with Gasteiger partial charge in [-0.15, -0.1) is 0 Å². The van der Waals surface area contributed by atoms with Crippen LogP contribution in [-0.4, -0.2) is 11.6 Å². The van der Waals surface area contributed by atoms with Crippen molar-refractivity contribution in [3.63, 3.8) is 0 Å². The summed E-state index contributed by atoms with van der Waals surface area (Å²) in [6.07, 6.45) is 0. The zero-order chi connectivity index (χ0) is 19.3. The Hall–Kier alpha value is -3.66. The van der Waals surface area contributed by atoms with Crippen molar-refractivity contribution in [2.75, 3.05) is 0 Å². The number of hydrogen-bond acceptors (Lipinski definition) is 4. The summed E-state index contributed by atoms with van der Waals surface area (Å²) in [6.45, 7) is 0.932. The first kappa shape index (κ1) is 17.7. The van der Waals surface area contributed by atoms with Crippen LogP contribution in [0, 0.1) is 0 Å². The van der Waals surface area contributed by atoms with E-state index in [1.165, 1.54) is 0 Å². The van der Waals surface area contributed by atoms with Gasteiger partial charge in [-0.2, -0.15) is 0 Å². The van der Waals surface area contributed by atoms with Crippen LogP contribution in [0.5, 0.6) is 0 Å². The van der Waals surface area contributed by atoms with Gasteiger partial charge in [0.15, 0.2) is 0 Å². The van der Waals surface area contributed by atoms with Crippen molar-refractivity contribution in [3.8, 4) is 0 Å². The van der Waals surface area contributed by atoms with Gasteiger partial charge in [-0.05, 0) is 11.1 Å². The molecule has 0 amide bonds. The summed E-state index contributed by atoms with van der Waals surface area (Å²) in [6, 6.07) is 26.6. The zero-order valence-corrected chi connectivity index (χ0v) is 15.3. The van der Waals surface area contributed by atoms with E-state index in [0.717, 1.165) is 11.1 Å². The topological polar surface area (TPSA) is 58.2 Å². The number of allylic oxidation sites excluding steroid dienone is 2. The number of nitrogens with one attached hydrogen (secondary N) is 2. The molecule has 4 nitrogen and oxygen atoms in total. The molecule has 1 aliphatic rings. The molecule has 0 saturated carbocycles. The maximum Gasteiger partial charge on any atom is 0.211 e. The van der Waals surface area contributed by atoms with Crippen LogP contribution in [0.2, 0.25) is 0 Å². The third kappa shape index (κ3) is 3.58. The summed E-state index contributed by atoms with van der Waals surface area (Å²) < 4.78 is 0. The fraction of sp³-hybridized carbons (Fsp3) is 0.0833. The Labute approximate surface area is 163 Å². The molecule has 0 fully saturated rings. The SMILES string of the molecule is O=C1C(NCc2ccccc2)=C(NCc2ccccc2)C(=O)c2ccccc21. The van der Waals surface area contributed by atoms with Crippen molar-refractivity contribution in [1.82, 2.24) is 10.6 Å². The number of carbonyl (C=O) groups is 2. The van der Waals surface area contributed by atoms with Crippen molar-refractivity contribution in [2.24, 2.45) is 0 Å². The molecule has 28 heavy (non-hydrogen) atoms. The Morgan fingerprint density at radius 3 is 1.25 bits per heavy atom. The van der Waals surface area contributed by atoms with Gasteiger partial charge in [0.05, 0.1) is 0 Å². The van der Waals surface area contributed by atoms with E-state index >= 15 is 0 Å². The number of hydrogen-bond donors (Lipinski definition) is 2. The number of benzene rings is 3. The second-order valence-corrected chi connectivity index (χ2v) is 6.63. The zero-order valence-electron chi connectivity index (χ0n) is 15.3. The first-order valence-electron chi connectivity index (χ1n) is 9.22. The van der Waals surface area contributed by atoms with Crippen LogP contribution in [0.1, 0.15) is 31.8 Å². The summed E-state index contributed by atoms with van der Waals surface area (Å²) >= 11 is 0. The molecule has 0 radical (unpaired) electrons. The van der Waals surface area contributed by atoms with Gasteiger partial charge in [0.25, 0.3) is 0 Å². The summed E-state index contributed by atoms with van der Waals surface area (Å²) in [5, 5.41) is 6.38. The Kier molecular flexibility index (Phi) is 5.02. The van der Waals surface area contributed by atoms with Crippen LogP contribution in [0.25, 0.3) is 0 Å². The summed E-state index contributed by atoms with van der Waals surface area (Å²) in [7, 11) is 0. The van der Waals surface area contributed by atoms with Crippen LogP contribution < -0.4 is 10.6 Å². The standard InChI is InChI=1S/C24H20N2O2/c27-23-19-13-7-8-14-20(19)24(28)22(26-16-18-11-5-2-6-12-18)21(23)25-15-17-9-3-1-4-10-17/h1-14,25-26H,15-16H2. The first-order chi connectivity index (χ1) is 13.7. The van der Waals surface area contributed by atoms with Gasteiger partial charge in [0, 0.05) is 24.2 Å². The molecule has 0 spiro atoms. The van der Waals surface area contributed by atoms with E-state index in [-0.39, 0.29) is 11.6 Å². The van der Waals surface area contributed by atoms with Gasteiger partial charge in [-0.1, -0.05) is 84.9 Å². The number of Topliss-reactive ketones (excluding diaryl/α,β-unsaturated/α-hetero) is 2. The third-order valence-electron chi connectivity index (χ3n) is 4.74. The van der Waals surface area contributed by atoms with Gasteiger partial charge >= 0.3 is 0 Å². The number of fused-ring (bicyclic) bond motifs is 1. The molecule has 0 atom stereocenters. The molecule has 138 valence electrons. The molecule has 0 saturated heterocycles. The van der Waals surface area contributed by atoms with Crippen LogP contribution in [-0.2, 0) is 13.1 Å². The van der Waals surface area contributed by atoms with Gasteiger partial charge in [-0.25, -0.2) is 0 Å². The normalized spacial score (nSPS) is 13.3. The molecule has 0 aromatic heterocycles. The van der Waals surface area contributed by atoms with Crippen molar-refractivity contribution >= 4 is 11.6 Å². The molecule has 2 N–H and O–H groups in total. The molecular weight excluding hydrogens is 348 g/mol. The lowest BCUT2D eigenvalue weighted by molar-refractivity contribution is 0.0962. The van der Waals surface area contributed by atoms with Crippen LogP contribution in [0.3, 0.4) is 0 Å². The highest BCUT2D eigenvalue weighted by Gasteiger charge is 2.31. The van der Waals surface area contributed by atoms with Crippen LogP contribution >= 0.6 is 0 Å². The monoisotopic (exact) mass is 368 g/mol. The summed E-state index contributed by atoms with van der Waals surface area (Å²) in [4.78, 5) is 26.2. The molecule has 3 aromatic rings. The highest BCUT2D eigenvalue weighted by molar-refractivity contribution is 6.26. The van der Waals surface area contributed by atoms with Crippen LogP contribution in [0.15, 0.2) is 96.3 Å². The molecule has 3 aromatic carbocycles. The lowest BCUT2D eigenvalue weighted by Crippen LogP contribution is -2.35. The van der Waals surface area contributed by atoms with Gasteiger partial charge in [0.2, 0.25) is 11.6 Å². The second-order valence-electron chi connectivity index (χ2n) is 6.63. The van der Waals surface area contributed by atoms with Crippen LogP contribution in [0.4, 0.5) is 0 Å². The minimum Gasteiger partial charge on any atom is -0.376 e. The molecule has 0 aliphatic heterocycles. The van der Waals surface area contributed by atoms with E-state index in [0.29, 0.717) is 35.6 Å². The minimum atomic E-state index is -0.165. The highest BCUT2D eigenvalue weighted by Crippen LogP contribution is 2.24. The third-order valence-corrected chi connectivity index (χ3v) is 4.74. The average molecular weight is 368 g/mol. The Bertz CT molecular complexity index is 956. The van der Waals surface area contributed by atoms with E-state index < -0.39 is 0 Å². The highest BCUT2D eigenvalue weighted by atomic mass is 16.1. The predicted molar refractivity (Wildman–Crippen MR) is 109 cm³/mol. The average Bonchev–Trinajstić information content (AvgIpc) is 2.76. The Morgan fingerprint density at radius 1 is 0.500 bits per heavy atom. The quantitative estimate of drug-likeness (QED) is 0.694. The van der Waals surface area contributed by atoms with E-state index in [1.807, 2.05) is 60.7 Å². The predicted octanol–water partition coefficient (Wildman–Crippen LogP) is 3.86. The van der Waals surface area contributed by atoms with Crippen molar-refractivity contribution < 1.29 is 9.59 Å². The van der Waals surface area contributed by atoms with Gasteiger partial charge in [0.1, 0.15) is 11.4 Å². The van der Waals surface area contributed by atoms with E-state index in [4.69, 9.17) is 0 Å². The lowest BCUT2D eigenvalue weighted by Gasteiger charge is -2.23. The maximum atomic E-state index is 13.1. The largest absolute Gasteiger partial charge is 0.376 e. The summed E-state index contributed by atoms with van der Waals surface area (Å²) in [5.41, 5.74) is 3.60. The van der Waals surface area contributed by atoms with Crippen molar-refractivity contribution in [2.45, 2.75) is 13.1 Å². The maximum absolute atomic E-state index is 13.1. The second kappa shape index (κ2) is 7.92. The summed E-state index contributed by atoms with van der Waals surface area (Å²) in [5.74, 6) is -0.330. The molecular formula is C24H20N2O2. The Balaban J connectivity index is 1.66. The van der Waals surface area contributed by atoms with Gasteiger partial charge in [-0.3, -0.25) is 9.59 Å². The number of ketones is 2. The fourth-order valence-electron chi connectivity index (χ4n) is 3.29. The molecule has 4 heteroatoms. The molecule has 0 unspecified atom stereocenters. The first-order valence-corrected chi connectivity index (χ1v) is 9.22. The molecule has 4 rings (SSSR count). The van der Waals surface area contributed by atoms with Crippen molar-refractivity contribution in [1.29, 1.82) is 0 Å². The van der Waals surface area contributed by atoms with E-state index in [1.54, 1.807) is 24.3 Å². The van der Waals surface area contributed by atoms with E-state index in [9.17, 15) is 9.59 Å². The minimum absolute atomic E-state index is 0.165. The smallest absolute Gasteiger partial charge is 0.211 e. The van der Waals surface area contributed by atoms with E-state index in [2.05, 4.69) is 10.6 Å². The molecule has 0 heterocycles. The van der Waals surface area contributed by atoms with Crippen molar-refractivity contribution in [3.05, 3.63) is 119 Å². The molecule has 0 bridgehead atoms. The molecule has 1 aliphatic carbocycles.